The van der Waals surface area contributed by atoms with E-state index >= 15 is 0 Å². The summed E-state index contributed by atoms with van der Waals surface area (Å²) in [6.45, 7) is 8.90. The average molecular weight is 183 g/mol. The minimum atomic E-state index is -1.06. The van der Waals surface area contributed by atoms with Gasteiger partial charge in [0.15, 0.2) is 0 Å². The van der Waals surface area contributed by atoms with E-state index in [2.05, 4.69) is 24.7 Å². The second-order valence-electron chi connectivity index (χ2n) is 4.43. The lowest BCUT2D eigenvalue weighted by Crippen LogP contribution is -2.28. The van der Waals surface area contributed by atoms with E-state index in [0.717, 1.165) is 17.5 Å². The molecule has 1 aromatic rings. The largest absolute Gasteiger partial charge is 0.396 e. The Morgan fingerprint density at radius 3 is 2.42 bits per heavy atom. The van der Waals surface area contributed by atoms with Crippen molar-refractivity contribution in [2.24, 2.45) is 0 Å². The van der Waals surface area contributed by atoms with E-state index < -0.39 is 8.07 Å². The zero-order chi connectivity index (χ0) is 9.35. The van der Waals surface area contributed by atoms with Gasteiger partial charge in [-0.2, -0.15) is 5.10 Å². The van der Waals surface area contributed by atoms with Crippen molar-refractivity contribution in [1.29, 1.82) is 0 Å². The molecule has 0 atom stereocenters. The van der Waals surface area contributed by atoms with Gasteiger partial charge in [0.25, 0.3) is 0 Å². The number of nitrogen functional groups attached to an aromatic ring is 1. The Kier molecular flexibility index (Phi) is 2.28. The molecule has 0 saturated carbocycles. The maximum absolute atomic E-state index is 5.69. The molecular formula is C8H17N3Si. The third-order valence-corrected chi connectivity index (χ3v) is 2.89. The Bertz CT molecular complexity index is 253. The Morgan fingerprint density at radius 2 is 2.08 bits per heavy atom. The Morgan fingerprint density at radius 1 is 1.50 bits per heavy atom. The van der Waals surface area contributed by atoms with Gasteiger partial charge in [0.05, 0.1) is 19.5 Å². The van der Waals surface area contributed by atoms with Crippen molar-refractivity contribution < 1.29 is 0 Å². The van der Waals surface area contributed by atoms with Gasteiger partial charge in [-0.1, -0.05) is 19.6 Å². The van der Waals surface area contributed by atoms with Crippen LogP contribution >= 0.6 is 0 Å². The summed E-state index contributed by atoms with van der Waals surface area (Å²) in [6.07, 6.45) is 2.97. The van der Waals surface area contributed by atoms with Crippen LogP contribution in [0.1, 0.15) is 5.69 Å². The van der Waals surface area contributed by atoms with E-state index in [9.17, 15) is 0 Å². The fourth-order valence-electron chi connectivity index (χ4n) is 1.10. The lowest BCUT2D eigenvalue weighted by Gasteiger charge is -2.14. The monoisotopic (exact) mass is 183 g/mol. The van der Waals surface area contributed by atoms with Gasteiger partial charge < -0.3 is 5.73 Å². The highest BCUT2D eigenvalue weighted by Crippen LogP contribution is 2.10. The van der Waals surface area contributed by atoms with Gasteiger partial charge in [0.1, 0.15) is 0 Å². The quantitative estimate of drug-likeness (QED) is 0.709. The van der Waals surface area contributed by atoms with Crippen LogP contribution in [0.15, 0.2) is 6.20 Å². The predicted molar refractivity (Wildman–Crippen MR) is 54.7 cm³/mol. The third-order valence-electron chi connectivity index (χ3n) is 1.62. The van der Waals surface area contributed by atoms with E-state index in [-0.39, 0.29) is 0 Å². The van der Waals surface area contributed by atoms with Gasteiger partial charge in [0.2, 0.25) is 0 Å². The standard InChI is InChI=1S/C8H17N3Si/c1-7-8(9)5-11(10-7)6-12(2,3)4/h5H,6,9H2,1-4H3. The van der Waals surface area contributed by atoms with Crippen LogP contribution in [-0.4, -0.2) is 17.9 Å². The van der Waals surface area contributed by atoms with Crippen LogP contribution in [-0.2, 0) is 6.17 Å². The molecule has 3 nitrogen and oxygen atoms in total. The molecular weight excluding hydrogens is 166 g/mol. The topological polar surface area (TPSA) is 43.8 Å². The zero-order valence-electron chi connectivity index (χ0n) is 8.26. The molecule has 0 aliphatic carbocycles. The van der Waals surface area contributed by atoms with Crippen molar-refractivity contribution in [2.75, 3.05) is 5.73 Å². The van der Waals surface area contributed by atoms with Gasteiger partial charge in [-0.15, -0.1) is 0 Å². The molecule has 68 valence electrons. The molecule has 1 heterocycles. The highest BCUT2D eigenvalue weighted by molar-refractivity contribution is 6.74. The normalized spacial score (nSPS) is 12.0. The summed E-state index contributed by atoms with van der Waals surface area (Å²) in [4.78, 5) is 0. The van der Waals surface area contributed by atoms with Gasteiger partial charge in [-0.25, -0.2) is 0 Å². The van der Waals surface area contributed by atoms with Crippen molar-refractivity contribution in [1.82, 2.24) is 9.78 Å². The van der Waals surface area contributed by atoms with Gasteiger partial charge in [-0.05, 0) is 6.92 Å². The molecule has 0 amide bonds. The van der Waals surface area contributed by atoms with Crippen LogP contribution in [0.25, 0.3) is 0 Å². The lowest BCUT2D eigenvalue weighted by molar-refractivity contribution is 0.716. The molecule has 0 aromatic carbocycles. The maximum atomic E-state index is 5.69. The van der Waals surface area contributed by atoms with E-state index in [4.69, 9.17) is 5.73 Å². The fraction of sp³-hybridized carbons (Fsp3) is 0.625. The molecule has 12 heavy (non-hydrogen) atoms. The van der Waals surface area contributed by atoms with Crippen LogP contribution in [0.5, 0.6) is 0 Å². The first-order chi connectivity index (χ1) is 5.38. The van der Waals surface area contributed by atoms with Crippen molar-refractivity contribution in [3.8, 4) is 0 Å². The summed E-state index contributed by atoms with van der Waals surface area (Å²) in [5.41, 5.74) is 7.43. The molecule has 0 aliphatic rings. The highest BCUT2D eigenvalue weighted by atomic mass is 28.3. The average Bonchev–Trinajstić information content (AvgIpc) is 2.07. The second kappa shape index (κ2) is 2.93. The first-order valence-electron chi connectivity index (χ1n) is 4.18. The maximum Gasteiger partial charge on any atom is 0.0822 e. The minimum Gasteiger partial charge on any atom is -0.396 e. The molecule has 0 spiro atoms. The first kappa shape index (κ1) is 9.32. The second-order valence-corrected chi connectivity index (χ2v) is 9.87. The van der Waals surface area contributed by atoms with Crippen molar-refractivity contribution >= 4 is 13.8 Å². The van der Waals surface area contributed by atoms with E-state index in [0.29, 0.717) is 0 Å². The molecule has 0 radical (unpaired) electrons. The van der Waals surface area contributed by atoms with Gasteiger partial charge in [0, 0.05) is 12.4 Å². The van der Waals surface area contributed by atoms with Gasteiger partial charge in [-0.3, -0.25) is 4.68 Å². The molecule has 1 aromatic heterocycles. The number of aryl methyl sites for hydroxylation is 1. The molecule has 0 bridgehead atoms. The number of nitrogens with zero attached hydrogens (tertiary/aromatic N) is 2. The molecule has 0 aliphatic heterocycles. The van der Waals surface area contributed by atoms with Crippen LogP contribution in [0.2, 0.25) is 19.6 Å². The summed E-state index contributed by atoms with van der Waals surface area (Å²) in [6, 6.07) is 0. The zero-order valence-corrected chi connectivity index (χ0v) is 9.26. The SMILES string of the molecule is Cc1nn(C[Si](C)(C)C)cc1N. The first-order valence-corrected chi connectivity index (χ1v) is 7.89. The fourth-order valence-corrected chi connectivity index (χ4v) is 2.23. The summed E-state index contributed by atoms with van der Waals surface area (Å²) >= 11 is 0. The highest BCUT2D eigenvalue weighted by Gasteiger charge is 2.14. The van der Waals surface area contributed by atoms with Crippen LogP contribution in [0.4, 0.5) is 5.69 Å². The number of aromatic nitrogens is 2. The van der Waals surface area contributed by atoms with Crippen molar-refractivity contribution in [3.05, 3.63) is 11.9 Å². The molecule has 0 unspecified atom stereocenters. The van der Waals surface area contributed by atoms with E-state index in [1.54, 1.807) is 0 Å². The summed E-state index contributed by atoms with van der Waals surface area (Å²) in [7, 11) is -1.06. The number of hydrogen-bond acceptors (Lipinski definition) is 2. The molecule has 2 N–H and O–H groups in total. The molecule has 0 saturated heterocycles. The Balaban J connectivity index is 2.77. The number of anilines is 1. The van der Waals surface area contributed by atoms with Crippen molar-refractivity contribution in [3.63, 3.8) is 0 Å². The molecule has 0 fully saturated rings. The van der Waals surface area contributed by atoms with Crippen molar-refractivity contribution in [2.45, 2.75) is 32.7 Å². The predicted octanol–water partition coefficient (Wildman–Crippen LogP) is 1.65. The summed E-state index contributed by atoms with van der Waals surface area (Å²) in [5.74, 6) is 0. The Hall–Kier alpha value is -0.773. The Labute approximate surface area is 74.6 Å². The van der Waals surface area contributed by atoms with Crippen LogP contribution in [0.3, 0.4) is 0 Å². The van der Waals surface area contributed by atoms with E-state index in [1.165, 1.54) is 0 Å². The number of nitrogens with two attached hydrogens (primary N) is 1. The molecule has 1 rings (SSSR count). The number of rotatable bonds is 2. The third kappa shape index (κ3) is 2.37. The summed E-state index contributed by atoms with van der Waals surface area (Å²) < 4.78 is 1.97. The smallest absolute Gasteiger partial charge is 0.0822 e. The van der Waals surface area contributed by atoms with Crippen LogP contribution in [0, 0.1) is 6.92 Å². The number of hydrogen-bond donors (Lipinski definition) is 1. The molecule has 4 heteroatoms. The van der Waals surface area contributed by atoms with Crippen LogP contribution < -0.4 is 5.73 Å². The van der Waals surface area contributed by atoms with Gasteiger partial charge >= 0.3 is 0 Å². The lowest BCUT2D eigenvalue weighted by atomic mass is 10.4. The van der Waals surface area contributed by atoms with E-state index in [1.807, 2.05) is 17.8 Å². The summed E-state index contributed by atoms with van der Waals surface area (Å²) in [5, 5.41) is 4.32. The minimum absolute atomic E-state index is 0.799.